The topological polar surface area (TPSA) is 44.4 Å². The second-order valence-electron chi connectivity index (χ2n) is 10.6. The molecule has 0 saturated heterocycles. The highest BCUT2D eigenvalue weighted by atomic mass is 16.2. The highest BCUT2D eigenvalue weighted by Crippen LogP contribution is 2.59. The standard InChI is InChI=1S/C28H39N3O/c1-27(2)19-22(18-25-28(27,3)23-15-8-9-16-24(23)31(25)4)30-26(32)20-29-17-11-10-14-21-12-6-5-7-13-21/h5-9,12-13,15-16,22,25,29H,10-11,14,17-20H2,1-4H3,(H,30,32)/t22-,25?,28?/m0/s1. The molecule has 1 aliphatic heterocycles. The molecule has 4 rings (SSSR count). The van der Waals surface area contributed by atoms with Crippen LogP contribution in [0.3, 0.4) is 0 Å². The van der Waals surface area contributed by atoms with Crippen molar-refractivity contribution in [3.63, 3.8) is 0 Å². The molecule has 4 heteroatoms. The maximum Gasteiger partial charge on any atom is 0.234 e. The first-order valence-corrected chi connectivity index (χ1v) is 12.2. The first-order valence-electron chi connectivity index (χ1n) is 12.2. The number of hydrogen-bond acceptors (Lipinski definition) is 3. The molecule has 0 spiro atoms. The predicted molar refractivity (Wildman–Crippen MR) is 133 cm³/mol. The molecular weight excluding hydrogens is 394 g/mol. The van der Waals surface area contributed by atoms with Crippen LogP contribution in [0.1, 0.15) is 57.6 Å². The van der Waals surface area contributed by atoms with E-state index in [1.54, 1.807) is 0 Å². The predicted octanol–water partition coefficient (Wildman–Crippen LogP) is 4.68. The Morgan fingerprint density at radius 2 is 1.75 bits per heavy atom. The van der Waals surface area contributed by atoms with E-state index in [1.165, 1.54) is 16.8 Å². The number of hydrogen-bond donors (Lipinski definition) is 2. The Morgan fingerprint density at radius 3 is 2.53 bits per heavy atom. The van der Waals surface area contributed by atoms with Crippen molar-refractivity contribution in [3.8, 4) is 0 Å². The minimum Gasteiger partial charge on any atom is -0.370 e. The number of nitrogens with one attached hydrogen (secondary N) is 2. The molecule has 0 bridgehead atoms. The van der Waals surface area contributed by atoms with Crippen molar-refractivity contribution in [2.45, 2.75) is 70.4 Å². The number of unbranched alkanes of at least 4 members (excludes halogenated alkanes) is 1. The lowest BCUT2D eigenvalue weighted by Gasteiger charge is -2.53. The van der Waals surface area contributed by atoms with E-state index in [2.05, 4.69) is 97.9 Å². The maximum absolute atomic E-state index is 12.7. The molecule has 3 atom stereocenters. The zero-order valence-electron chi connectivity index (χ0n) is 20.2. The number of carbonyl (C=O) groups is 1. The van der Waals surface area contributed by atoms with Crippen LogP contribution in [-0.4, -0.2) is 38.1 Å². The van der Waals surface area contributed by atoms with Gasteiger partial charge in [0.1, 0.15) is 0 Å². The van der Waals surface area contributed by atoms with Gasteiger partial charge in [0.2, 0.25) is 5.91 Å². The van der Waals surface area contributed by atoms with Crippen LogP contribution in [0.15, 0.2) is 54.6 Å². The Morgan fingerprint density at radius 1 is 1.03 bits per heavy atom. The molecule has 2 N–H and O–H groups in total. The molecule has 1 fully saturated rings. The smallest absolute Gasteiger partial charge is 0.234 e. The summed E-state index contributed by atoms with van der Waals surface area (Å²) in [4.78, 5) is 15.1. The Balaban J connectivity index is 1.26. The lowest BCUT2D eigenvalue weighted by atomic mass is 9.54. The van der Waals surface area contributed by atoms with E-state index in [0.29, 0.717) is 12.6 Å². The van der Waals surface area contributed by atoms with E-state index in [1.807, 2.05) is 0 Å². The van der Waals surface area contributed by atoms with Gasteiger partial charge in [0.25, 0.3) is 0 Å². The van der Waals surface area contributed by atoms with Gasteiger partial charge in [0, 0.05) is 30.2 Å². The Kier molecular flexibility index (Phi) is 6.62. The van der Waals surface area contributed by atoms with Crippen LogP contribution in [0.5, 0.6) is 0 Å². The van der Waals surface area contributed by atoms with Crippen LogP contribution < -0.4 is 15.5 Å². The van der Waals surface area contributed by atoms with Gasteiger partial charge >= 0.3 is 0 Å². The first kappa shape index (κ1) is 22.8. The third kappa shape index (κ3) is 4.30. The van der Waals surface area contributed by atoms with Gasteiger partial charge < -0.3 is 15.5 Å². The number of amides is 1. The lowest BCUT2D eigenvalue weighted by Crippen LogP contribution is -2.60. The fraction of sp³-hybridized carbons (Fsp3) is 0.536. The third-order valence-electron chi connectivity index (χ3n) is 8.21. The van der Waals surface area contributed by atoms with Crippen LogP contribution in [0, 0.1) is 5.41 Å². The number of aryl methyl sites for hydroxylation is 1. The fourth-order valence-electron chi connectivity index (χ4n) is 6.16. The summed E-state index contributed by atoms with van der Waals surface area (Å²) in [5.41, 5.74) is 4.38. The van der Waals surface area contributed by atoms with E-state index < -0.39 is 0 Å². The zero-order chi connectivity index (χ0) is 22.8. The minimum absolute atomic E-state index is 0.0938. The van der Waals surface area contributed by atoms with Crippen LogP contribution in [0.25, 0.3) is 0 Å². The van der Waals surface area contributed by atoms with E-state index in [4.69, 9.17) is 0 Å². The molecular formula is C28H39N3O. The van der Waals surface area contributed by atoms with E-state index >= 15 is 0 Å². The molecule has 4 nitrogen and oxygen atoms in total. The second kappa shape index (κ2) is 9.27. The van der Waals surface area contributed by atoms with Gasteiger partial charge in [-0.2, -0.15) is 0 Å². The molecule has 1 aliphatic carbocycles. The summed E-state index contributed by atoms with van der Waals surface area (Å²) < 4.78 is 0. The van der Waals surface area contributed by atoms with E-state index in [0.717, 1.165) is 38.6 Å². The number of nitrogens with zero attached hydrogens (tertiary/aromatic N) is 1. The van der Waals surface area contributed by atoms with Gasteiger partial charge in [-0.1, -0.05) is 69.3 Å². The van der Waals surface area contributed by atoms with Gasteiger partial charge in [-0.3, -0.25) is 4.79 Å². The Hall–Kier alpha value is -2.33. The summed E-state index contributed by atoms with van der Waals surface area (Å²) in [6.45, 7) is 8.46. The summed E-state index contributed by atoms with van der Waals surface area (Å²) in [5.74, 6) is 0.121. The molecule has 1 amide bonds. The number of fused-ring (bicyclic) bond motifs is 3. The van der Waals surface area contributed by atoms with Crippen LogP contribution in [0.4, 0.5) is 5.69 Å². The molecule has 2 unspecified atom stereocenters. The summed E-state index contributed by atoms with van der Waals surface area (Å²) >= 11 is 0. The number of anilines is 1. The quantitative estimate of drug-likeness (QED) is 0.594. The molecule has 2 aliphatic rings. The molecule has 2 aromatic rings. The zero-order valence-corrected chi connectivity index (χ0v) is 20.2. The Bertz CT molecular complexity index is 925. The number of rotatable bonds is 8. The molecule has 1 saturated carbocycles. The average Bonchev–Trinajstić information content (AvgIpc) is 3.00. The second-order valence-corrected chi connectivity index (χ2v) is 10.6. The normalized spacial score (nSPS) is 25.8. The highest BCUT2D eigenvalue weighted by Gasteiger charge is 2.58. The Labute approximate surface area is 193 Å². The maximum atomic E-state index is 12.7. The fourth-order valence-corrected chi connectivity index (χ4v) is 6.16. The van der Waals surface area contributed by atoms with Crippen molar-refractivity contribution >= 4 is 11.6 Å². The van der Waals surface area contributed by atoms with Crippen molar-refractivity contribution in [3.05, 3.63) is 65.7 Å². The molecule has 0 aromatic heterocycles. The van der Waals surface area contributed by atoms with Crippen LogP contribution in [-0.2, 0) is 16.6 Å². The monoisotopic (exact) mass is 433 g/mol. The largest absolute Gasteiger partial charge is 0.370 e. The van der Waals surface area contributed by atoms with Crippen molar-refractivity contribution in [2.75, 3.05) is 25.0 Å². The number of para-hydroxylation sites is 1. The summed E-state index contributed by atoms with van der Waals surface area (Å²) in [5, 5.41) is 6.68. The van der Waals surface area contributed by atoms with Crippen LogP contribution in [0.2, 0.25) is 0 Å². The molecule has 0 radical (unpaired) electrons. The molecule has 172 valence electrons. The average molecular weight is 434 g/mol. The van der Waals surface area contributed by atoms with Crippen LogP contribution >= 0.6 is 0 Å². The summed E-state index contributed by atoms with van der Waals surface area (Å²) in [7, 11) is 2.21. The van der Waals surface area contributed by atoms with E-state index in [-0.39, 0.29) is 22.8 Å². The SMILES string of the molecule is CN1c2ccccc2C2(C)C1C[C@H](NC(=O)CNCCCCc1ccccc1)CC2(C)C. The van der Waals surface area contributed by atoms with Gasteiger partial charge in [-0.15, -0.1) is 0 Å². The lowest BCUT2D eigenvalue weighted by molar-refractivity contribution is -0.121. The molecule has 32 heavy (non-hydrogen) atoms. The summed E-state index contributed by atoms with van der Waals surface area (Å²) in [6, 6.07) is 20.1. The third-order valence-corrected chi connectivity index (χ3v) is 8.21. The summed E-state index contributed by atoms with van der Waals surface area (Å²) in [6.07, 6.45) is 5.32. The van der Waals surface area contributed by atoms with Gasteiger partial charge in [0.05, 0.1) is 6.54 Å². The highest BCUT2D eigenvalue weighted by molar-refractivity contribution is 5.78. The van der Waals surface area contributed by atoms with Crippen molar-refractivity contribution < 1.29 is 4.79 Å². The van der Waals surface area contributed by atoms with Crippen molar-refractivity contribution in [1.82, 2.24) is 10.6 Å². The van der Waals surface area contributed by atoms with Crippen molar-refractivity contribution in [2.24, 2.45) is 5.41 Å². The minimum atomic E-state index is 0.0938. The number of carbonyl (C=O) groups excluding carboxylic acids is 1. The van der Waals surface area contributed by atoms with E-state index in [9.17, 15) is 4.79 Å². The number of likely N-dealkylation sites (N-methyl/N-ethyl adjacent to an activating group) is 1. The van der Waals surface area contributed by atoms with Gasteiger partial charge in [-0.25, -0.2) is 0 Å². The van der Waals surface area contributed by atoms with Crippen molar-refractivity contribution in [1.29, 1.82) is 0 Å². The number of benzene rings is 2. The van der Waals surface area contributed by atoms with Gasteiger partial charge in [0.15, 0.2) is 0 Å². The van der Waals surface area contributed by atoms with Gasteiger partial charge in [-0.05, 0) is 61.3 Å². The molecule has 2 aromatic carbocycles. The molecule has 1 heterocycles. The first-order chi connectivity index (χ1) is 15.3.